The Morgan fingerprint density at radius 3 is 2.07 bits per heavy atom. The lowest BCUT2D eigenvalue weighted by molar-refractivity contribution is -0.148. The van der Waals surface area contributed by atoms with E-state index in [0.717, 1.165) is 11.1 Å². The van der Waals surface area contributed by atoms with Gasteiger partial charge in [0.2, 0.25) is 10.0 Å². The van der Waals surface area contributed by atoms with Crippen LogP contribution in [0, 0.1) is 5.92 Å². The van der Waals surface area contributed by atoms with Crippen LogP contribution in [-0.4, -0.2) is 38.4 Å². The van der Waals surface area contributed by atoms with Crippen molar-refractivity contribution in [1.29, 1.82) is 0 Å². The van der Waals surface area contributed by atoms with Gasteiger partial charge in [-0.3, -0.25) is 4.79 Å². The van der Waals surface area contributed by atoms with Gasteiger partial charge in [0, 0.05) is 18.5 Å². The summed E-state index contributed by atoms with van der Waals surface area (Å²) in [5, 5.41) is 1.23. The quantitative estimate of drug-likeness (QED) is 0.647. The zero-order valence-corrected chi connectivity index (χ0v) is 17.0. The third kappa shape index (κ3) is 6.41. The molecule has 0 aromatic heterocycles. The Labute approximate surface area is 172 Å². The van der Waals surface area contributed by atoms with Crippen LogP contribution in [0.3, 0.4) is 0 Å². The van der Waals surface area contributed by atoms with Crippen molar-refractivity contribution in [3.8, 4) is 0 Å². The Morgan fingerprint density at radius 2 is 1.48 bits per heavy atom. The molecule has 152 valence electrons. The minimum absolute atomic E-state index is 0.214. The number of sulfonamides is 1. The second-order valence-corrected chi connectivity index (χ2v) is 8.69. The number of carbonyl (C=O) groups excluding carboxylic acids is 1. The highest BCUT2D eigenvalue weighted by Crippen LogP contribution is 2.22. The van der Waals surface area contributed by atoms with Crippen molar-refractivity contribution in [3.05, 3.63) is 83.3 Å². The Bertz CT molecular complexity index is 945. The van der Waals surface area contributed by atoms with Gasteiger partial charge in [0.25, 0.3) is 0 Å². The molecule has 0 N–H and O–H groups in total. The lowest BCUT2D eigenvalue weighted by atomic mass is 9.98. The Kier molecular flexibility index (Phi) is 7.38. The third-order valence-corrected chi connectivity index (χ3v) is 6.38. The summed E-state index contributed by atoms with van der Waals surface area (Å²) in [5.41, 5.74) is 1.88. The molecule has 2 aromatic rings. The van der Waals surface area contributed by atoms with E-state index in [1.807, 2.05) is 66.7 Å². The monoisotopic (exact) mass is 411 g/mol. The van der Waals surface area contributed by atoms with Crippen molar-refractivity contribution < 1.29 is 17.9 Å². The molecule has 1 aliphatic heterocycles. The molecule has 1 aliphatic rings. The molecule has 0 atom stereocenters. The van der Waals surface area contributed by atoms with Crippen molar-refractivity contribution >= 4 is 28.1 Å². The van der Waals surface area contributed by atoms with E-state index in [1.165, 1.54) is 9.71 Å². The highest BCUT2D eigenvalue weighted by atomic mass is 32.2. The fourth-order valence-corrected chi connectivity index (χ4v) is 4.38. The number of esters is 1. The van der Waals surface area contributed by atoms with Crippen molar-refractivity contribution in [2.45, 2.75) is 12.8 Å². The number of rotatable bonds is 7. The van der Waals surface area contributed by atoms with E-state index in [0.29, 0.717) is 25.9 Å². The molecular formula is C23H25NO4S. The Balaban J connectivity index is 1.45. The maximum absolute atomic E-state index is 12.5. The van der Waals surface area contributed by atoms with Gasteiger partial charge in [-0.25, -0.2) is 8.42 Å². The summed E-state index contributed by atoms with van der Waals surface area (Å²) in [6.07, 6.45) is 6.25. The minimum atomic E-state index is -3.49. The molecule has 3 rings (SSSR count). The summed E-state index contributed by atoms with van der Waals surface area (Å²) in [5.74, 6) is -0.524. The van der Waals surface area contributed by atoms with Crippen LogP contribution in [0.5, 0.6) is 0 Å². The van der Waals surface area contributed by atoms with Crippen LogP contribution >= 0.6 is 0 Å². The maximum Gasteiger partial charge on any atom is 0.309 e. The first-order valence-corrected chi connectivity index (χ1v) is 11.2. The molecule has 0 aliphatic carbocycles. The second kappa shape index (κ2) is 10.2. The van der Waals surface area contributed by atoms with Crippen LogP contribution < -0.4 is 0 Å². The molecular weight excluding hydrogens is 386 g/mol. The number of piperidine rings is 1. The molecule has 0 bridgehead atoms. The van der Waals surface area contributed by atoms with E-state index in [4.69, 9.17) is 4.74 Å². The highest BCUT2D eigenvalue weighted by molar-refractivity contribution is 7.92. The highest BCUT2D eigenvalue weighted by Gasteiger charge is 2.30. The molecule has 2 aromatic carbocycles. The lowest BCUT2D eigenvalue weighted by Gasteiger charge is -2.29. The van der Waals surface area contributed by atoms with Gasteiger partial charge in [-0.05, 0) is 36.1 Å². The van der Waals surface area contributed by atoms with Gasteiger partial charge >= 0.3 is 5.97 Å². The van der Waals surface area contributed by atoms with Crippen LogP contribution in [-0.2, 0) is 19.6 Å². The van der Waals surface area contributed by atoms with Crippen LogP contribution in [0.25, 0.3) is 12.2 Å². The molecule has 0 radical (unpaired) electrons. The zero-order valence-electron chi connectivity index (χ0n) is 16.2. The molecule has 1 heterocycles. The largest absolute Gasteiger partial charge is 0.461 e. The number of benzene rings is 2. The van der Waals surface area contributed by atoms with Crippen LogP contribution in [0.1, 0.15) is 24.0 Å². The van der Waals surface area contributed by atoms with Gasteiger partial charge in [0.05, 0.1) is 5.92 Å². The summed E-state index contributed by atoms with van der Waals surface area (Å²) >= 11 is 0. The van der Waals surface area contributed by atoms with E-state index in [1.54, 1.807) is 12.2 Å². The second-order valence-electron chi connectivity index (χ2n) is 6.87. The smallest absolute Gasteiger partial charge is 0.309 e. The number of hydrogen-bond acceptors (Lipinski definition) is 4. The Hall–Kier alpha value is -2.70. The van der Waals surface area contributed by atoms with Gasteiger partial charge < -0.3 is 4.74 Å². The number of hydrogen-bond donors (Lipinski definition) is 0. The van der Waals surface area contributed by atoms with Crippen molar-refractivity contribution in [3.63, 3.8) is 0 Å². The lowest BCUT2D eigenvalue weighted by Crippen LogP contribution is -2.39. The molecule has 0 saturated carbocycles. The average Bonchev–Trinajstić information content (AvgIpc) is 2.77. The SMILES string of the molecule is O=C(OC/C=C/c1ccccc1)C1CCN(S(=O)(=O)/C=C/c2ccccc2)CC1. The Morgan fingerprint density at radius 1 is 0.931 bits per heavy atom. The fraction of sp³-hybridized carbons (Fsp3) is 0.261. The predicted octanol–water partition coefficient (Wildman–Crippen LogP) is 3.96. The molecule has 6 heteroatoms. The third-order valence-electron chi connectivity index (χ3n) is 4.81. The molecule has 0 spiro atoms. The summed E-state index contributed by atoms with van der Waals surface area (Å²) in [7, 11) is -3.49. The normalized spacial score (nSPS) is 16.4. The van der Waals surface area contributed by atoms with Crippen LogP contribution in [0.2, 0.25) is 0 Å². The van der Waals surface area contributed by atoms with E-state index in [9.17, 15) is 13.2 Å². The summed E-state index contributed by atoms with van der Waals surface area (Å²) in [6, 6.07) is 19.1. The number of carbonyl (C=O) groups is 1. The fourth-order valence-electron chi connectivity index (χ4n) is 3.16. The maximum atomic E-state index is 12.5. The first kappa shape index (κ1) is 21.0. The molecule has 5 nitrogen and oxygen atoms in total. The van der Waals surface area contributed by atoms with Gasteiger partial charge in [-0.2, -0.15) is 4.31 Å². The van der Waals surface area contributed by atoms with Crippen LogP contribution in [0.15, 0.2) is 72.1 Å². The van der Waals surface area contributed by atoms with E-state index >= 15 is 0 Å². The van der Waals surface area contributed by atoms with Crippen LogP contribution in [0.4, 0.5) is 0 Å². The summed E-state index contributed by atoms with van der Waals surface area (Å²) in [6.45, 7) is 0.855. The summed E-state index contributed by atoms with van der Waals surface area (Å²) < 4.78 is 31.7. The number of nitrogens with zero attached hydrogens (tertiary/aromatic N) is 1. The van der Waals surface area contributed by atoms with E-state index < -0.39 is 10.0 Å². The van der Waals surface area contributed by atoms with Crippen molar-refractivity contribution in [2.75, 3.05) is 19.7 Å². The average molecular weight is 412 g/mol. The molecule has 1 saturated heterocycles. The first-order chi connectivity index (χ1) is 14.0. The first-order valence-electron chi connectivity index (χ1n) is 9.66. The summed E-state index contributed by atoms with van der Waals surface area (Å²) in [4.78, 5) is 12.2. The number of ether oxygens (including phenoxy) is 1. The van der Waals surface area contributed by atoms with Gasteiger partial charge in [0.1, 0.15) is 6.61 Å². The van der Waals surface area contributed by atoms with E-state index in [2.05, 4.69) is 0 Å². The van der Waals surface area contributed by atoms with Crippen molar-refractivity contribution in [1.82, 2.24) is 4.31 Å². The zero-order chi connectivity index (χ0) is 20.5. The standard InChI is InChI=1S/C23H25NO4S/c25-23(28-18-7-12-20-8-3-1-4-9-20)22-13-16-24(17-14-22)29(26,27)19-15-21-10-5-2-6-11-21/h1-12,15,19,22H,13-14,16-18H2/b12-7+,19-15+. The van der Waals surface area contributed by atoms with E-state index in [-0.39, 0.29) is 18.5 Å². The molecule has 0 amide bonds. The van der Waals surface area contributed by atoms with Gasteiger partial charge in [-0.1, -0.05) is 66.7 Å². The molecule has 29 heavy (non-hydrogen) atoms. The molecule has 1 fully saturated rings. The van der Waals surface area contributed by atoms with Gasteiger partial charge in [0.15, 0.2) is 0 Å². The topological polar surface area (TPSA) is 63.7 Å². The minimum Gasteiger partial charge on any atom is -0.461 e. The molecule has 0 unspecified atom stereocenters. The predicted molar refractivity (Wildman–Crippen MR) is 115 cm³/mol. The van der Waals surface area contributed by atoms with Gasteiger partial charge in [-0.15, -0.1) is 0 Å². The van der Waals surface area contributed by atoms with Crippen molar-refractivity contribution in [2.24, 2.45) is 5.92 Å².